The Kier molecular flexibility index (Phi) is 5.49. The maximum absolute atomic E-state index is 13.5. The Hall–Kier alpha value is -2.55. The third-order valence-electron chi connectivity index (χ3n) is 5.52. The van der Waals surface area contributed by atoms with Crippen molar-refractivity contribution in [1.82, 2.24) is 15.1 Å². The predicted octanol–water partition coefficient (Wildman–Crippen LogP) is 3.07. The first-order valence-corrected chi connectivity index (χ1v) is 10.7. The van der Waals surface area contributed by atoms with Gasteiger partial charge in [-0.1, -0.05) is 31.0 Å². The van der Waals surface area contributed by atoms with Crippen LogP contribution in [0.15, 0.2) is 29.3 Å². The van der Waals surface area contributed by atoms with Gasteiger partial charge in [0, 0.05) is 5.56 Å². The second-order valence-corrected chi connectivity index (χ2v) is 8.39. The van der Waals surface area contributed by atoms with Gasteiger partial charge in [-0.2, -0.15) is 4.79 Å². The monoisotopic (exact) mass is 416 g/mol. The Balaban J connectivity index is 1.71. The minimum atomic E-state index is -0.529. The van der Waals surface area contributed by atoms with Gasteiger partial charge in [-0.05, 0) is 49.2 Å². The van der Waals surface area contributed by atoms with Crippen molar-refractivity contribution in [2.75, 3.05) is 19.1 Å². The number of carbonyl (C=O) groups excluding carboxylic acids is 2. The average molecular weight is 417 g/mol. The number of ether oxygens (including phenoxy) is 2. The molecule has 9 heteroatoms. The van der Waals surface area contributed by atoms with Gasteiger partial charge in [-0.25, -0.2) is 4.79 Å². The number of thioether (sulfide) groups is 1. The number of fused-ring (bicyclic) bond motifs is 1. The fourth-order valence-electron chi connectivity index (χ4n) is 4.04. The van der Waals surface area contributed by atoms with E-state index in [4.69, 9.17) is 9.47 Å². The van der Waals surface area contributed by atoms with E-state index in [9.17, 15) is 9.59 Å². The lowest BCUT2D eigenvalue weighted by Gasteiger charge is -2.46. The summed E-state index contributed by atoms with van der Waals surface area (Å²) in [5.41, 5.74) is 3.76. The highest BCUT2D eigenvalue weighted by Crippen LogP contribution is 2.45. The SMILES string of the molecule is CCOC(=O)c1nnn2c1SC(C(=O)c1ccc(OC)cc1)C1(CCCCC1)N2. The predicted molar refractivity (Wildman–Crippen MR) is 108 cm³/mol. The van der Waals surface area contributed by atoms with Gasteiger partial charge in [0.05, 0.1) is 24.5 Å². The van der Waals surface area contributed by atoms with Crippen LogP contribution in [0.4, 0.5) is 0 Å². The van der Waals surface area contributed by atoms with Gasteiger partial charge in [0.1, 0.15) is 5.75 Å². The Morgan fingerprint density at radius 2 is 1.97 bits per heavy atom. The maximum Gasteiger partial charge on any atom is 0.361 e. The van der Waals surface area contributed by atoms with Crippen molar-refractivity contribution in [2.45, 2.75) is 54.8 Å². The summed E-state index contributed by atoms with van der Waals surface area (Å²) < 4.78 is 10.3. The van der Waals surface area contributed by atoms with E-state index in [0.29, 0.717) is 16.3 Å². The summed E-state index contributed by atoms with van der Waals surface area (Å²) in [5, 5.41) is 8.24. The van der Waals surface area contributed by atoms with E-state index in [0.717, 1.165) is 32.1 Å². The van der Waals surface area contributed by atoms with Crippen molar-refractivity contribution in [1.29, 1.82) is 0 Å². The summed E-state index contributed by atoms with van der Waals surface area (Å²) in [5.74, 6) is 0.197. The van der Waals surface area contributed by atoms with E-state index in [2.05, 4.69) is 15.7 Å². The van der Waals surface area contributed by atoms with Gasteiger partial charge >= 0.3 is 5.97 Å². The molecule has 1 aromatic carbocycles. The van der Waals surface area contributed by atoms with Crippen LogP contribution in [0.25, 0.3) is 0 Å². The van der Waals surface area contributed by atoms with E-state index in [1.807, 2.05) is 0 Å². The average Bonchev–Trinajstić information content (AvgIpc) is 3.16. The molecule has 1 aromatic heterocycles. The number of carbonyl (C=O) groups is 2. The lowest BCUT2D eigenvalue weighted by atomic mass is 9.77. The number of hydrogen-bond donors (Lipinski definition) is 1. The third-order valence-corrected chi connectivity index (χ3v) is 7.01. The Morgan fingerprint density at radius 1 is 1.24 bits per heavy atom. The number of hydrogen-bond acceptors (Lipinski definition) is 8. The van der Waals surface area contributed by atoms with Crippen LogP contribution >= 0.6 is 11.8 Å². The Bertz CT molecular complexity index is 906. The van der Waals surface area contributed by atoms with Crippen LogP contribution in [0, 0.1) is 0 Å². The Labute approximate surface area is 173 Å². The normalized spacial score (nSPS) is 19.9. The minimum absolute atomic E-state index is 0.0225. The number of nitrogens with one attached hydrogen (secondary N) is 1. The van der Waals surface area contributed by atoms with Gasteiger partial charge in [-0.3, -0.25) is 10.2 Å². The zero-order valence-electron chi connectivity index (χ0n) is 16.5. The van der Waals surface area contributed by atoms with Crippen molar-refractivity contribution < 1.29 is 19.1 Å². The highest BCUT2D eigenvalue weighted by atomic mass is 32.2. The molecule has 1 N–H and O–H groups in total. The van der Waals surface area contributed by atoms with Gasteiger partial charge < -0.3 is 9.47 Å². The number of aromatic nitrogens is 3. The van der Waals surface area contributed by atoms with E-state index < -0.39 is 16.8 Å². The molecule has 0 bridgehead atoms. The molecule has 1 aliphatic heterocycles. The molecule has 29 heavy (non-hydrogen) atoms. The summed E-state index contributed by atoms with van der Waals surface area (Å²) in [6.07, 6.45) is 4.94. The number of ketones is 1. The zero-order chi connectivity index (χ0) is 20.4. The molecule has 154 valence electrons. The largest absolute Gasteiger partial charge is 0.497 e. The maximum atomic E-state index is 13.5. The van der Waals surface area contributed by atoms with E-state index in [1.54, 1.807) is 43.1 Å². The van der Waals surface area contributed by atoms with Gasteiger partial charge in [0.15, 0.2) is 10.8 Å². The molecule has 4 rings (SSSR count). The summed E-state index contributed by atoms with van der Waals surface area (Å²) in [6.45, 7) is 1.99. The van der Waals surface area contributed by atoms with Crippen LogP contribution in [0.1, 0.15) is 59.9 Å². The minimum Gasteiger partial charge on any atom is -0.497 e. The summed E-state index contributed by atoms with van der Waals surface area (Å²) >= 11 is 1.36. The van der Waals surface area contributed by atoms with Crippen LogP contribution in [0.5, 0.6) is 5.75 Å². The highest BCUT2D eigenvalue weighted by Gasteiger charge is 2.49. The number of benzene rings is 1. The molecule has 0 amide bonds. The fraction of sp³-hybridized carbons (Fsp3) is 0.500. The number of nitrogens with zero attached hydrogens (tertiary/aromatic N) is 3. The van der Waals surface area contributed by atoms with E-state index in [1.165, 1.54) is 11.8 Å². The van der Waals surface area contributed by atoms with Crippen molar-refractivity contribution >= 4 is 23.5 Å². The van der Waals surface area contributed by atoms with Crippen molar-refractivity contribution in [3.63, 3.8) is 0 Å². The first-order valence-electron chi connectivity index (χ1n) is 9.84. The molecule has 0 radical (unpaired) electrons. The van der Waals surface area contributed by atoms with Gasteiger partial charge in [-0.15, -0.1) is 5.10 Å². The summed E-state index contributed by atoms with van der Waals surface area (Å²) in [7, 11) is 1.60. The summed E-state index contributed by atoms with van der Waals surface area (Å²) in [4.78, 5) is 27.4. The van der Waals surface area contributed by atoms with Gasteiger partial charge in [0.25, 0.3) is 0 Å². The van der Waals surface area contributed by atoms with Gasteiger partial charge in [0.2, 0.25) is 5.69 Å². The lowest BCUT2D eigenvalue weighted by molar-refractivity contribution is 0.0514. The smallest absolute Gasteiger partial charge is 0.361 e. The van der Waals surface area contributed by atoms with Crippen molar-refractivity contribution in [2.24, 2.45) is 0 Å². The molecule has 2 aromatic rings. The molecule has 1 spiro atoms. The fourth-order valence-corrected chi connectivity index (χ4v) is 5.44. The first-order chi connectivity index (χ1) is 14.1. The zero-order valence-corrected chi connectivity index (χ0v) is 17.3. The van der Waals surface area contributed by atoms with Crippen LogP contribution in [0.2, 0.25) is 0 Å². The lowest BCUT2D eigenvalue weighted by Crippen LogP contribution is -2.58. The molecule has 1 atom stereocenters. The molecule has 1 fully saturated rings. The quantitative estimate of drug-likeness (QED) is 0.587. The molecule has 2 heterocycles. The molecule has 1 unspecified atom stereocenters. The second kappa shape index (κ2) is 8.06. The van der Waals surface area contributed by atoms with E-state index >= 15 is 0 Å². The number of esters is 1. The molecule has 2 aliphatic rings. The molecule has 1 aliphatic carbocycles. The molecule has 1 saturated carbocycles. The van der Waals surface area contributed by atoms with Crippen molar-refractivity contribution in [3.05, 3.63) is 35.5 Å². The number of Topliss-reactive ketones (excluding diaryl/α,β-unsaturated/α-hetero) is 1. The Morgan fingerprint density at radius 3 is 2.62 bits per heavy atom. The summed E-state index contributed by atoms with van der Waals surface area (Å²) in [6, 6.07) is 7.15. The van der Waals surface area contributed by atoms with Crippen molar-refractivity contribution in [3.8, 4) is 5.75 Å². The third kappa shape index (κ3) is 3.59. The molecular weight excluding hydrogens is 392 g/mol. The highest BCUT2D eigenvalue weighted by molar-refractivity contribution is 8.00. The topological polar surface area (TPSA) is 95.3 Å². The number of methoxy groups -OCH3 is 1. The number of rotatable bonds is 5. The second-order valence-electron chi connectivity index (χ2n) is 7.29. The van der Waals surface area contributed by atoms with Crippen LogP contribution < -0.4 is 10.2 Å². The molecule has 8 nitrogen and oxygen atoms in total. The van der Waals surface area contributed by atoms with Crippen LogP contribution in [0.3, 0.4) is 0 Å². The van der Waals surface area contributed by atoms with E-state index in [-0.39, 0.29) is 18.1 Å². The molecular formula is C20H24N4O4S. The first kappa shape index (κ1) is 19.8. The molecule has 0 saturated heterocycles. The van der Waals surface area contributed by atoms with Crippen LogP contribution in [-0.4, -0.2) is 51.4 Å². The standard InChI is InChI=1S/C20H24N4O4S/c1-3-28-19(26)15-18-24(23-21-15)22-20(11-5-4-6-12-20)17(29-18)16(25)13-7-9-14(27-2)10-8-13/h7-10,17,22H,3-6,11-12H2,1-2H3. The van der Waals surface area contributed by atoms with Crippen LogP contribution in [-0.2, 0) is 4.74 Å².